The Morgan fingerprint density at radius 3 is 2.41 bits per heavy atom. The molecule has 1 heterocycles. The Kier molecular flexibility index (Phi) is 3.03. The summed E-state index contributed by atoms with van der Waals surface area (Å²) in [5, 5.41) is 0. The van der Waals surface area contributed by atoms with Crippen molar-refractivity contribution in [1.29, 1.82) is 0 Å². The minimum Gasteiger partial charge on any atom is -0.250 e. The quantitative estimate of drug-likeness (QED) is 0.878. The molecule has 0 radical (unpaired) electrons. The number of benzene rings is 2. The standard InChI is InChI=1S/C17H18N2O2S/c20-22(21)18-13-17(19(22)16-8-2-1-3-9-16)11-10-14-6-4-5-7-15(14)12-17/h1-9,18H,10-13H2. The maximum Gasteiger partial charge on any atom is 0.302 e. The van der Waals surface area contributed by atoms with Gasteiger partial charge in [-0.05, 0) is 42.5 Å². The van der Waals surface area contributed by atoms with E-state index < -0.39 is 15.7 Å². The van der Waals surface area contributed by atoms with Crippen LogP contribution in [0.25, 0.3) is 0 Å². The summed E-state index contributed by atoms with van der Waals surface area (Å²) < 4.78 is 29.5. The van der Waals surface area contributed by atoms with Gasteiger partial charge < -0.3 is 0 Å². The second kappa shape index (κ2) is 4.83. The van der Waals surface area contributed by atoms with Gasteiger partial charge in [0.15, 0.2) is 0 Å². The van der Waals surface area contributed by atoms with Gasteiger partial charge in [0.2, 0.25) is 0 Å². The molecular weight excluding hydrogens is 296 g/mol. The van der Waals surface area contributed by atoms with E-state index in [2.05, 4.69) is 22.9 Å². The molecule has 2 aliphatic rings. The molecule has 114 valence electrons. The van der Waals surface area contributed by atoms with Crippen LogP contribution in [0.1, 0.15) is 17.5 Å². The van der Waals surface area contributed by atoms with Crippen molar-refractivity contribution in [2.45, 2.75) is 24.8 Å². The number of nitrogens with one attached hydrogen (secondary N) is 1. The van der Waals surface area contributed by atoms with E-state index in [1.165, 1.54) is 11.1 Å². The number of aryl methyl sites for hydroxylation is 1. The normalized spacial score (nSPS) is 26.1. The summed E-state index contributed by atoms with van der Waals surface area (Å²) in [4.78, 5) is 0. The summed E-state index contributed by atoms with van der Waals surface area (Å²) in [5.41, 5.74) is 2.94. The van der Waals surface area contributed by atoms with Gasteiger partial charge >= 0.3 is 10.2 Å². The molecule has 1 unspecified atom stereocenters. The monoisotopic (exact) mass is 314 g/mol. The van der Waals surface area contributed by atoms with Gasteiger partial charge in [0, 0.05) is 6.54 Å². The second-order valence-corrected chi connectivity index (χ2v) is 7.70. The molecule has 2 aromatic carbocycles. The van der Waals surface area contributed by atoms with Crippen LogP contribution in [0.3, 0.4) is 0 Å². The third-order valence-electron chi connectivity index (χ3n) is 4.74. The summed E-state index contributed by atoms with van der Waals surface area (Å²) in [6.07, 6.45) is 2.51. The molecule has 1 aliphatic heterocycles. The van der Waals surface area contributed by atoms with Crippen molar-refractivity contribution in [3.63, 3.8) is 0 Å². The molecular formula is C17H18N2O2S. The number of fused-ring (bicyclic) bond motifs is 1. The smallest absolute Gasteiger partial charge is 0.250 e. The topological polar surface area (TPSA) is 49.4 Å². The summed E-state index contributed by atoms with van der Waals surface area (Å²) in [6.45, 7) is 0.471. The molecule has 22 heavy (non-hydrogen) atoms. The van der Waals surface area contributed by atoms with Gasteiger partial charge in [-0.25, -0.2) is 0 Å². The zero-order valence-electron chi connectivity index (χ0n) is 12.2. The summed E-state index contributed by atoms with van der Waals surface area (Å²) in [6, 6.07) is 17.7. The average molecular weight is 314 g/mol. The maximum atomic E-state index is 12.6. The lowest BCUT2D eigenvalue weighted by atomic mass is 9.77. The van der Waals surface area contributed by atoms with Crippen molar-refractivity contribution in [2.24, 2.45) is 0 Å². The molecule has 4 rings (SSSR count). The Morgan fingerprint density at radius 2 is 1.64 bits per heavy atom. The lowest BCUT2D eigenvalue weighted by molar-refractivity contribution is 0.398. The maximum absolute atomic E-state index is 12.6. The number of para-hydroxylation sites is 1. The van der Waals surface area contributed by atoms with Gasteiger partial charge in [0.25, 0.3) is 0 Å². The van der Waals surface area contributed by atoms with Crippen LogP contribution in [0.2, 0.25) is 0 Å². The Hall–Kier alpha value is -1.85. The fraction of sp³-hybridized carbons (Fsp3) is 0.294. The largest absolute Gasteiger partial charge is 0.302 e. The predicted octanol–water partition coefficient (Wildman–Crippen LogP) is 2.27. The predicted molar refractivity (Wildman–Crippen MR) is 87.0 cm³/mol. The van der Waals surface area contributed by atoms with Gasteiger partial charge in [-0.3, -0.25) is 4.31 Å². The number of nitrogens with zero attached hydrogens (tertiary/aromatic N) is 1. The van der Waals surface area contributed by atoms with Crippen LogP contribution in [0.4, 0.5) is 5.69 Å². The van der Waals surface area contributed by atoms with E-state index in [1.807, 2.05) is 36.4 Å². The highest BCUT2D eigenvalue weighted by Crippen LogP contribution is 2.40. The first-order chi connectivity index (χ1) is 10.6. The molecule has 0 saturated carbocycles. The highest BCUT2D eigenvalue weighted by molar-refractivity contribution is 7.91. The van der Waals surface area contributed by atoms with Crippen LogP contribution in [0, 0.1) is 0 Å². The summed E-state index contributed by atoms with van der Waals surface area (Å²) >= 11 is 0. The van der Waals surface area contributed by atoms with E-state index in [9.17, 15) is 8.42 Å². The minimum atomic E-state index is -3.47. The Bertz CT molecular complexity index is 804. The zero-order valence-corrected chi connectivity index (χ0v) is 13.0. The van der Waals surface area contributed by atoms with Crippen molar-refractivity contribution >= 4 is 15.9 Å². The van der Waals surface area contributed by atoms with E-state index in [0.29, 0.717) is 6.54 Å². The van der Waals surface area contributed by atoms with Crippen LogP contribution in [-0.2, 0) is 23.1 Å². The van der Waals surface area contributed by atoms with Crippen molar-refractivity contribution in [3.8, 4) is 0 Å². The lowest BCUT2D eigenvalue weighted by Gasteiger charge is -2.40. The van der Waals surface area contributed by atoms with E-state index in [4.69, 9.17) is 0 Å². The molecule has 2 aromatic rings. The van der Waals surface area contributed by atoms with E-state index in [1.54, 1.807) is 4.31 Å². The van der Waals surface area contributed by atoms with Gasteiger partial charge in [0.1, 0.15) is 0 Å². The van der Waals surface area contributed by atoms with Crippen molar-refractivity contribution in [1.82, 2.24) is 4.72 Å². The van der Waals surface area contributed by atoms with Gasteiger partial charge in [-0.15, -0.1) is 0 Å². The van der Waals surface area contributed by atoms with Gasteiger partial charge in [0.05, 0.1) is 11.2 Å². The molecule has 1 spiro atoms. The lowest BCUT2D eigenvalue weighted by Crippen LogP contribution is -2.51. The fourth-order valence-electron chi connectivity index (χ4n) is 3.70. The Morgan fingerprint density at radius 1 is 0.955 bits per heavy atom. The third kappa shape index (κ3) is 2.04. The third-order valence-corrected chi connectivity index (χ3v) is 6.33. The van der Waals surface area contributed by atoms with Gasteiger partial charge in [-0.2, -0.15) is 13.1 Å². The molecule has 4 nitrogen and oxygen atoms in total. The van der Waals surface area contributed by atoms with Crippen molar-refractivity contribution < 1.29 is 8.42 Å². The molecule has 1 aliphatic carbocycles. The van der Waals surface area contributed by atoms with Gasteiger partial charge in [-0.1, -0.05) is 42.5 Å². The molecule has 1 N–H and O–H groups in total. The average Bonchev–Trinajstić information content (AvgIpc) is 2.79. The van der Waals surface area contributed by atoms with E-state index in [0.717, 1.165) is 24.9 Å². The molecule has 5 heteroatoms. The van der Waals surface area contributed by atoms with Crippen LogP contribution in [0.15, 0.2) is 54.6 Å². The van der Waals surface area contributed by atoms with E-state index >= 15 is 0 Å². The first-order valence-electron chi connectivity index (χ1n) is 7.53. The SMILES string of the molecule is O=S1(=O)NCC2(CCc3ccccc3C2)N1c1ccccc1. The second-order valence-electron chi connectivity index (χ2n) is 6.10. The Balaban J connectivity index is 1.81. The Labute approximate surface area is 131 Å². The number of rotatable bonds is 1. The van der Waals surface area contributed by atoms with Crippen LogP contribution in [-0.4, -0.2) is 20.5 Å². The van der Waals surface area contributed by atoms with Crippen LogP contribution < -0.4 is 9.03 Å². The first-order valence-corrected chi connectivity index (χ1v) is 8.97. The summed E-state index contributed by atoms with van der Waals surface area (Å²) in [5.74, 6) is 0. The molecule has 1 fully saturated rings. The molecule has 1 saturated heterocycles. The molecule has 0 amide bonds. The van der Waals surface area contributed by atoms with Crippen LogP contribution >= 0.6 is 0 Å². The highest BCUT2D eigenvalue weighted by Gasteiger charge is 2.50. The van der Waals surface area contributed by atoms with Crippen LogP contribution in [0.5, 0.6) is 0 Å². The highest BCUT2D eigenvalue weighted by atomic mass is 32.2. The van der Waals surface area contributed by atoms with Crippen molar-refractivity contribution in [2.75, 3.05) is 10.8 Å². The number of anilines is 1. The zero-order chi connectivity index (χ0) is 15.2. The molecule has 0 aromatic heterocycles. The fourth-order valence-corrected chi connectivity index (χ4v) is 5.41. The van der Waals surface area contributed by atoms with Crippen molar-refractivity contribution in [3.05, 3.63) is 65.7 Å². The minimum absolute atomic E-state index is 0.394. The first kappa shape index (κ1) is 13.8. The summed E-state index contributed by atoms with van der Waals surface area (Å²) in [7, 11) is -3.47. The number of hydrogen-bond donors (Lipinski definition) is 1. The molecule has 0 bridgehead atoms. The number of hydrogen-bond acceptors (Lipinski definition) is 2. The molecule has 1 atom stereocenters. The van der Waals surface area contributed by atoms with E-state index in [-0.39, 0.29) is 0 Å².